The number of carbonyl (C=O) groups is 2. The fourth-order valence-electron chi connectivity index (χ4n) is 4.39. The number of rotatable bonds is 4. The Bertz CT molecular complexity index is 875. The molecule has 1 saturated heterocycles. The first-order valence-corrected chi connectivity index (χ1v) is 9.41. The van der Waals surface area contributed by atoms with Gasteiger partial charge in [-0.3, -0.25) is 9.69 Å². The highest BCUT2D eigenvalue weighted by Crippen LogP contribution is 2.46. The van der Waals surface area contributed by atoms with E-state index in [2.05, 4.69) is 11.0 Å². The Morgan fingerprint density at radius 1 is 1.26 bits per heavy atom. The molecular weight excluding hydrogens is 344 g/mol. The van der Waals surface area contributed by atoms with Crippen LogP contribution in [0, 0.1) is 0 Å². The van der Waals surface area contributed by atoms with Crippen molar-refractivity contribution < 1.29 is 18.7 Å². The van der Waals surface area contributed by atoms with Crippen molar-refractivity contribution in [2.75, 3.05) is 31.6 Å². The van der Waals surface area contributed by atoms with E-state index >= 15 is 0 Å². The summed E-state index contributed by atoms with van der Waals surface area (Å²) in [5, 5.41) is 0. The number of benzene rings is 1. The van der Waals surface area contributed by atoms with Crippen LogP contribution >= 0.6 is 0 Å². The molecule has 2 aliphatic rings. The van der Waals surface area contributed by atoms with Crippen LogP contribution in [0.1, 0.15) is 41.6 Å². The second-order valence-corrected chi connectivity index (χ2v) is 7.26. The number of nitrogens with zero attached hydrogens (tertiary/aromatic N) is 2. The van der Waals surface area contributed by atoms with Crippen molar-refractivity contribution in [3.05, 3.63) is 53.5 Å². The van der Waals surface area contributed by atoms with Gasteiger partial charge in [0.15, 0.2) is 0 Å². The van der Waals surface area contributed by atoms with Crippen LogP contribution in [0.2, 0.25) is 0 Å². The summed E-state index contributed by atoms with van der Waals surface area (Å²) in [7, 11) is 1.85. The van der Waals surface area contributed by atoms with E-state index in [4.69, 9.17) is 9.15 Å². The molecule has 1 amide bonds. The average Bonchev–Trinajstić information content (AvgIpc) is 3.22. The summed E-state index contributed by atoms with van der Waals surface area (Å²) in [6, 6.07) is 11.5. The molecule has 2 aliphatic heterocycles. The normalized spacial score (nSPS) is 22.3. The molecule has 0 saturated carbocycles. The molecule has 142 valence electrons. The molecule has 0 radical (unpaired) electrons. The molecule has 1 aromatic carbocycles. The van der Waals surface area contributed by atoms with Gasteiger partial charge in [-0.05, 0) is 50.1 Å². The number of hydrogen-bond donors (Lipinski definition) is 0. The van der Waals surface area contributed by atoms with Crippen molar-refractivity contribution in [1.29, 1.82) is 0 Å². The topological polar surface area (TPSA) is 63.0 Å². The number of esters is 1. The second-order valence-electron chi connectivity index (χ2n) is 7.26. The molecule has 1 aromatic heterocycles. The van der Waals surface area contributed by atoms with E-state index < -0.39 is 11.4 Å². The minimum atomic E-state index is -0.486. The summed E-state index contributed by atoms with van der Waals surface area (Å²) in [5.41, 5.74) is 1.64. The van der Waals surface area contributed by atoms with Gasteiger partial charge >= 0.3 is 5.97 Å². The van der Waals surface area contributed by atoms with E-state index in [1.54, 1.807) is 17.9 Å². The maximum absolute atomic E-state index is 13.1. The van der Waals surface area contributed by atoms with E-state index in [9.17, 15) is 9.59 Å². The van der Waals surface area contributed by atoms with Crippen LogP contribution in [0.3, 0.4) is 0 Å². The highest BCUT2D eigenvalue weighted by molar-refractivity contribution is 6.08. The van der Waals surface area contributed by atoms with Gasteiger partial charge in [0.2, 0.25) is 11.7 Å². The summed E-state index contributed by atoms with van der Waals surface area (Å²) in [6.07, 6.45) is 1.80. The van der Waals surface area contributed by atoms with Gasteiger partial charge in [0, 0.05) is 19.3 Å². The van der Waals surface area contributed by atoms with Crippen LogP contribution in [0.25, 0.3) is 0 Å². The lowest BCUT2D eigenvalue weighted by atomic mass is 9.75. The molecule has 4 rings (SSSR count). The van der Waals surface area contributed by atoms with Gasteiger partial charge in [0.1, 0.15) is 5.76 Å². The minimum absolute atomic E-state index is 0.167. The molecule has 3 heterocycles. The molecule has 27 heavy (non-hydrogen) atoms. The quantitative estimate of drug-likeness (QED) is 0.777. The summed E-state index contributed by atoms with van der Waals surface area (Å²) in [5.74, 6) is 0.656. The summed E-state index contributed by atoms with van der Waals surface area (Å²) in [4.78, 5) is 28.9. The highest BCUT2D eigenvalue weighted by Gasteiger charge is 2.51. The number of para-hydroxylation sites is 1. The maximum atomic E-state index is 13.1. The molecular formula is C21H24N2O4. The van der Waals surface area contributed by atoms with Crippen LogP contribution in [-0.4, -0.2) is 43.5 Å². The summed E-state index contributed by atoms with van der Waals surface area (Å²) in [6.45, 7) is 4.21. The number of likely N-dealkylation sites (N-methyl/N-ethyl adjacent to an activating group) is 1. The van der Waals surface area contributed by atoms with Gasteiger partial charge in [-0.2, -0.15) is 0 Å². The molecule has 0 aliphatic carbocycles. The average molecular weight is 368 g/mol. The van der Waals surface area contributed by atoms with Crippen molar-refractivity contribution >= 4 is 17.6 Å². The van der Waals surface area contributed by atoms with Gasteiger partial charge in [0.05, 0.1) is 18.6 Å². The van der Waals surface area contributed by atoms with Crippen LogP contribution < -0.4 is 4.90 Å². The van der Waals surface area contributed by atoms with E-state index in [0.717, 1.165) is 30.6 Å². The van der Waals surface area contributed by atoms with Crippen molar-refractivity contribution in [3.8, 4) is 0 Å². The zero-order chi connectivity index (χ0) is 19.0. The van der Waals surface area contributed by atoms with Gasteiger partial charge < -0.3 is 14.1 Å². The predicted molar refractivity (Wildman–Crippen MR) is 101 cm³/mol. The van der Waals surface area contributed by atoms with Crippen LogP contribution in [0.5, 0.6) is 0 Å². The first-order valence-electron chi connectivity index (χ1n) is 9.41. The maximum Gasteiger partial charge on any atom is 0.374 e. The summed E-state index contributed by atoms with van der Waals surface area (Å²) >= 11 is 0. The number of likely N-dealkylation sites (tertiary alicyclic amines) is 1. The van der Waals surface area contributed by atoms with Crippen molar-refractivity contribution in [1.82, 2.24) is 4.90 Å². The Balaban J connectivity index is 1.54. The van der Waals surface area contributed by atoms with Crippen LogP contribution in [0.15, 0.2) is 40.8 Å². The third kappa shape index (κ3) is 2.94. The van der Waals surface area contributed by atoms with Crippen molar-refractivity contribution in [2.45, 2.75) is 31.7 Å². The van der Waals surface area contributed by atoms with E-state index in [-0.39, 0.29) is 11.7 Å². The Morgan fingerprint density at radius 3 is 2.89 bits per heavy atom. The fraction of sp³-hybridized carbons (Fsp3) is 0.429. The first-order chi connectivity index (χ1) is 13.0. The zero-order valence-electron chi connectivity index (χ0n) is 15.7. The van der Waals surface area contributed by atoms with Gasteiger partial charge in [-0.1, -0.05) is 18.2 Å². The molecule has 1 spiro atoms. The lowest BCUT2D eigenvalue weighted by molar-refractivity contribution is -0.125. The zero-order valence-corrected chi connectivity index (χ0v) is 15.7. The number of fused-ring (bicyclic) bond motifs is 2. The predicted octanol–water partition coefficient (Wildman–Crippen LogP) is 2.97. The largest absolute Gasteiger partial charge is 0.460 e. The number of hydrogen-bond acceptors (Lipinski definition) is 5. The SMILES string of the molecule is CCOC(=O)c1ccc(CN2CCC[C@]3(C2)C(=O)N(C)c2ccccc23)o1. The molecule has 6 nitrogen and oxygen atoms in total. The van der Waals surface area contributed by atoms with Crippen LogP contribution in [-0.2, 0) is 21.5 Å². The Morgan fingerprint density at radius 2 is 2.07 bits per heavy atom. The van der Waals surface area contributed by atoms with E-state index in [1.807, 2.05) is 31.3 Å². The Kier molecular flexibility index (Phi) is 4.52. The number of furan rings is 1. The summed E-state index contributed by atoms with van der Waals surface area (Å²) < 4.78 is 10.6. The van der Waals surface area contributed by atoms with Gasteiger partial charge in [-0.25, -0.2) is 4.79 Å². The van der Waals surface area contributed by atoms with Crippen molar-refractivity contribution in [3.63, 3.8) is 0 Å². The minimum Gasteiger partial charge on any atom is -0.460 e. The second kappa shape index (κ2) is 6.85. The van der Waals surface area contributed by atoms with Crippen molar-refractivity contribution in [2.24, 2.45) is 0 Å². The molecule has 0 N–H and O–H groups in total. The number of ether oxygens (including phenoxy) is 1. The van der Waals surface area contributed by atoms with Gasteiger partial charge in [-0.15, -0.1) is 0 Å². The smallest absolute Gasteiger partial charge is 0.374 e. The first kappa shape index (κ1) is 17.8. The number of carbonyl (C=O) groups excluding carboxylic acids is 2. The molecule has 0 bridgehead atoms. The van der Waals surface area contributed by atoms with E-state index in [1.165, 1.54) is 0 Å². The van der Waals surface area contributed by atoms with Gasteiger partial charge in [0.25, 0.3) is 0 Å². The monoisotopic (exact) mass is 368 g/mol. The molecule has 1 atom stereocenters. The fourth-order valence-corrected chi connectivity index (χ4v) is 4.39. The van der Waals surface area contributed by atoms with E-state index in [0.29, 0.717) is 25.5 Å². The number of piperidine rings is 1. The highest BCUT2D eigenvalue weighted by atomic mass is 16.5. The third-order valence-electron chi connectivity index (χ3n) is 5.58. The lowest BCUT2D eigenvalue weighted by Gasteiger charge is -2.39. The Labute approximate surface area is 158 Å². The van der Waals surface area contributed by atoms with Crippen LogP contribution in [0.4, 0.5) is 5.69 Å². The lowest BCUT2D eigenvalue weighted by Crippen LogP contribution is -2.51. The molecule has 6 heteroatoms. The molecule has 0 unspecified atom stereocenters. The molecule has 2 aromatic rings. The number of amides is 1. The number of anilines is 1. The Hall–Kier alpha value is -2.60. The third-order valence-corrected chi connectivity index (χ3v) is 5.58. The standard InChI is InChI=1S/C21H24N2O4/c1-3-26-19(24)18-10-9-15(27-18)13-23-12-6-11-21(14-23)16-7-4-5-8-17(16)22(2)20(21)25/h4-5,7-10H,3,6,11-14H2,1-2H3/t21-/m1/s1. The molecule has 1 fully saturated rings.